The molecule has 1 aromatic carbocycles. The highest BCUT2D eigenvalue weighted by atomic mass is 32.2. The molecule has 2 rings (SSSR count). The van der Waals surface area contributed by atoms with Gasteiger partial charge in [0.25, 0.3) is 0 Å². The third kappa shape index (κ3) is 4.34. The number of rotatable bonds is 7. The van der Waals surface area contributed by atoms with E-state index < -0.39 is 0 Å². The Hall–Kier alpha value is -0.840. The van der Waals surface area contributed by atoms with Gasteiger partial charge in [-0.3, -0.25) is 0 Å². The summed E-state index contributed by atoms with van der Waals surface area (Å²) in [4.78, 5) is 5.73. The first-order valence-corrected chi connectivity index (χ1v) is 8.54. The molecule has 1 heterocycles. The van der Waals surface area contributed by atoms with Crippen molar-refractivity contribution in [2.45, 2.75) is 31.2 Å². The Balaban J connectivity index is 2.09. The molecule has 1 N–H and O–H groups in total. The number of likely N-dealkylation sites (N-methyl/N-ethyl adjacent to an activating group) is 1. The Morgan fingerprint density at radius 1 is 1.26 bits per heavy atom. The largest absolute Gasteiger partial charge is 0.310 e. The fraction of sp³-hybridized carbons (Fsp3) is 0.400. The van der Waals surface area contributed by atoms with Gasteiger partial charge in [0.05, 0.1) is 5.01 Å². The molecule has 0 bridgehead atoms. The summed E-state index contributed by atoms with van der Waals surface area (Å²) in [6.45, 7) is 5.31. The Kier molecular flexibility index (Phi) is 5.89. The van der Waals surface area contributed by atoms with Gasteiger partial charge in [-0.2, -0.15) is 0 Å². The molecule has 4 heteroatoms. The van der Waals surface area contributed by atoms with Crippen LogP contribution in [0.2, 0.25) is 0 Å². The third-order valence-corrected chi connectivity index (χ3v) is 4.60. The summed E-state index contributed by atoms with van der Waals surface area (Å²) in [6, 6.07) is 9.26. The molecule has 1 atom stereocenters. The van der Waals surface area contributed by atoms with Crippen molar-refractivity contribution in [1.29, 1.82) is 0 Å². The standard InChI is InChI=1S/C15H20N2S2/c1-3-16-14(11-15-17-9-10-19-15)12-5-7-13(8-6-12)18-4-2/h5-10,14,16H,3-4,11H2,1-2H3. The molecular weight excluding hydrogens is 272 g/mol. The van der Waals surface area contributed by atoms with Crippen LogP contribution in [0.1, 0.15) is 30.5 Å². The highest BCUT2D eigenvalue weighted by Crippen LogP contribution is 2.23. The summed E-state index contributed by atoms with van der Waals surface area (Å²) in [7, 11) is 0. The van der Waals surface area contributed by atoms with Gasteiger partial charge in [0.1, 0.15) is 0 Å². The average molecular weight is 292 g/mol. The zero-order valence-electron chi connectivity index (χ0n) is 11.4. The second-order valence-electron chi connectivity index (χ2n) is 4.24. The topological polar surface area (TPSA) is 24.9 Å². The molecule has 0 amide bonds. The second kappa shape index (κ2) is 7.68. The van der Waals surface area contributed by atoms with Crippen molar-refractivity contribution in [3.8, 4) is 0 Å². The van der Waals surface area contributed by atoms with Crippen molar-refractivity contribution in [3.63, 3.8) is 0 Å². The molecule has 102 valence electrons. The van der Waals surface area contributed by atoms with Crippen molar-refractivity contribution in [2.24, 2.45) is 0 Å². The van der Waals surface area contributed by atoms with E-state index in [4.69, 9.17) is 0 Å². The quantitative estimate of drug-likeness (QED) is 0.776. The lowest BCUT2D eigenvalue weighted by atomic mass is 10.0. The summed E-state index contributed by atoms with van der Waals surface area (Å²) >= 11 is 3.61. The molecule has 0 fully saturated rings. The fourth-order valence-corrected chi connectivity index (χ4v) is 3.37. The van der Waals surface area contributed by atoms with Crippen molar-refractivity contribution in [3.05, 3.63) is 46.4 Å². The van der Waals surface area contributed by atoms with E-state index in [0.717, 1.165) is 18.7 Å². The van der Waals surface area contributed by atoms with Crippen molar-refractivity contribution in [1.82, 2.24) is 10.3 Å². The van der Waals surface area contributed by atoms with Crippen LogP contribution in [0.25, 0.3) is 0 Å². The van der Waals surface area contributed by atoms with E-state index in [1.807, 2.05) is 23.3 Å². The molecule has 0 spiro atoms. The van der Waals surface area contributed by atoms with Gasteiger partial charge in [-0.05, 0) is 30.0 Å². The molecular formula is C15H20N2S2. The maximum absolute atomic E-state index is 4.39. The molecule has 0 saturated carbocycles. The number of nitrogens with zero attached hydrogens (tertiary/aromatic N) is 1. The summed E-state index contributed by atoms with van der Waals surface area (Å²) in [6.07, 6.45) is 2.84. The van der Waals surface area contributed by atoms with Gasteiger partial charge in [-0.25, -0.2) is 4.98 Å². The van der Waals surface area contributed by atoms with Gasteiger partial charge in [0, 0.05) is 28.9 Å². The van der Waals surface area contributed by atoms with E-state index in [1.54, 1.807) is 11.3 Å². The van der Waals surface area contributed by atoms with Crippen molar-refractivity contribution in [2.75, 3.05) is 12.3 Å². The van der Waals surface area contributed by atoms with Crippen LogP contribution in [0.15, 0.2) is 40.7 Å². The predicted octanol–water partition coefficient (Wildman–Crippen LogP) is 4.15. The Morgan fingerprint density at radius 2 is 2.05 bits per heavy atom. The molecule has 1 unspecified atom stereocenters. The minimum Gasteiger partial charge on any atom is -0.310 e. The normalized spacial score (nSPS) is 12.5. The van der Waals surface area contributed by atoms with Crippen LogP contribution in [0.4, 0.5) is 0 Å². The van der Waals surface area contributed by atoms with E-state index in [0.29, 0.717) is 6.04 Å². The van der Waals surface area contributed by atoms with Crippen LogP contribution in [-0.4, -0.2) is 17.3 Å². The molecule has 0 aliphatic carbocycles. The number of thioether (sulfide) groups is 1. The average Bonchev–Trinajstić information content (AvgIpc) is 2.93. The van der Waals surface area contributed by atoms with Crippen LogP contribution in [0.3, 0.4) is 0 Å². The number of nitrogens with one attached hydrogen (secondary N) is 1. The van der Waals surface area contributed by atoms with Gasteiger partial charge < -0.3 is 5.32 Å². The highest BCUT2D eigenvalue weighted by Gasteiger charge is 2.12. The molecule has 0 saturated heterocycles. The summed E-state index contributed by atoms with van der Waals surface area (Å²) < 4.78 is 0. The predicted molar refractivity (Wildman–Crippen MR) is 85.1 cm³/mol. The number of thiazole rings is 1. The number of benzene rings is 1. The van der Waals surface area contributed by atoms with E-state index in [9.17, 15) is 0 Å². The SMILES string of the molecule is CCNC(Cc1nccs1)c1ccc(SCC)cc1. The third-order valence-electron chi connectivity index (χ3n) is 2.91. The van der Waals surface area contributed by atoms with E-state index in [1.165, 1.54) is 15.5 Å². The first-order chi connectivity index (χ1) is 9.33. The van der Waals surface area contributed by atoms with E-state index in [2.05, 4.69) is 48.4 Å². The molecule has 0 aliphatic rings. The van der Waals surface area contributed by atoms with Crippen LogP contribution < -0.4 is 5.32 Å². The van der Waals surface area contributed by atoms with Crippen molar-refractivity contribution < 1.29 is 0 Å². The first-order valence-electron chi connectivity index (χ1n) is 6.68. The number of hydrogen-bond donors (Lipinski definition) is 1. The van der Waals surface area contributed by atoms with Gasteiger partial charge in [-0.15, -0.1) is 23.1 Å². The lowest BCUT2D eigenvalue weighted by Crippen LogP contribution is -2.22. The minimum atomic E-state index is 0.358. The number of hydrogen-bond acceptors (Lipinski definition) is 4. The maximum atomic E-state index is 4.39. The zero-order chi connectivity index (χ0) is 13.5. The second-order valence-corrected chi connectivity index (χ2v) is 6.56. The monoisotopic (exact) mass is 292 g/mol. The fourth-order valence-electron chi connectivity index (χ4n) is 2.05. The van der Waals surface area contributed by atoms with Crippen LogP contribution in [0.5, 0.6) is 0 Å². The summed E-state index contributed by atoms with van der Waals surface area (Å²) in [5, 5.41) is 6.78. The molecule has 2 nitrogen and oxygen atoms in total. The lowest BCUT2D eigenvalue weighted by Gasteiger charge is -2.17. The summed E-state index contributed by atoms with van der Waals surface area (Å²) in [5.41, 5.74) is 1.34. The van der Waals surface area contributed by atoms with Crippen LogP contribution in [-0.2, 0) is 6.42 Å². The van der Waals surface area contributed by atoms with Gasteiger partial charge in [0.2, 0.25) is 0 Å². The first kappa shape index (κ1) is 14.6. The summed E-state index contributed by atoms with van der Waals surface area (Å²) in [5.74, 6) is 1.12. The van der Waals surface area contributed by atoms with Gasteiger partial charge >= 0.3 is 0 Å². The molecule has 19 heavy (non-hydrogen) atoms. The van der Waals surface area contributed by atoms with Crippen molar-refractivity contribution >= 4 is 23.1 Å². The van der Waals surface area contributed by atoms with E-state index in [-0.39, 0.29) is 0 Å². The lowest BCUT2D eigenvalue weighted by molar-refractivity contribution is 0.548. The van der Waals surface area contributed by atoms with E-state index >= 15 is 0 Å². The Bertz CT molecular complexity index is 465. The van der Waals surface area contributed by atoms with Crippen LogP contribution in [0, 0.1) is 0 Å². The molecule has 1 aromatic heterocycles. The molecule has 0 aliphatic heterocycles. The Morgan fingerprint density at radius 3 is 2.63 bits per heavy atom. The maximum Gasteiger partial charge on any atom is 0.0943 e. The smallest absolute Gasteiger partial charge is 0.0943 e. The molecule has 0 radical (unpaired) electrons. The van der Waals surface area contributed by atoms with Gasteiger partial charge in [0.15, 0.2) is 0 Å². The minimum absolute atomic E-state index is 0.358. The van der Waals surface area contributed by atoms with Crippen LogP contribution >= 0.6 is 23.1 Å². The Labute approximate surface area is 123 Å². The van der Waals surface area contributed by atoms with Gasteiger partial charge in [-0.1, -0.05) is 26.0 Å². The molecule has 2 aromatic rings. The highest BCUT2D eigenvalue weighted by molar-refractivity contribution is 7.99. The number of aromatic nitrogens is 1. The zero-order valence-corrected chi connectivity index (χ0v) is 13.1.